The minimum Gasteiger partial charge on any atom is -0.241 e. The molecule has 0 N–H and O–H groups in total. The van der Waals surface area contributed by atoms with Crippen LogP contribution in [0.3, 0.4) is 0 Å². The van der Waals surface area contributed by atoms with E-state index in [1.54, 1.807) is 24.5 Å². The number of rotatable bonds is 6. The van der Waals surface area contributed by atoms with E-state index in [2.05, 4.69) is 16.9 Å². The van der Waals surface area contributed by atoms with Crippen LogP contribution in [0.4, 0.5) is 8.78 Å². The SMILES string of the molecule is CCC(CCC(C)c1cc(F)c(C#N)c(F)c1)c1ncccn1. The van der Waals surface area contributed by atoms with Crippen molar-refractivity contribution in [2.24, 2.45) is 0 Å². The van der Waals surface area contributed by atoms with Crippen molar-refractivity contribution in [3.8, 4) is 6.07 Å². The molecule has 120 valence electrons. The Morgan fingerprint density at radius 3 is 2.26 bits per heavy atom. The second-order valence-electron chi connectivity index (χ2n) is 5.66. The van der Waals surface area contributed by atoms with E-state index < -0.39 is 17.2 Å². The summed E-state index contributed by atoms with van der Waals surface area (Å²) >= 11 is 0. The molecule has 0 aliphatic carbocycles. The van der Waals surface area contributed by atoms with E-state index >= 15 is 0 Å². The quantitative estimate of drug-likeness (QED) is 0.776. The molecule has 0 fully saturated rings. The van der Waals surface area contributed by atoms with Gasteiger partial charge in [0.05, 0.1) is 0 Å². The van der Waals surface area contributed by atoms with Crippen LogP contribution < -0.4 is 0 Å². The van der Waals surface area contributed by atoms with E-state index in [1.807, 2.05) is 6.92 Å². The lowest BCUT2D eigenvalue weighted by Gasteiger charge is -2.17. The van der Waals surface area contributed by atoms with E-state index in [0.717, 1.165) is 25.1 Å². The molecule has 0 saturated heterocycles. The Bertz CT molecular complexity index is 672. The normalized spacial score (nSPS) is 13.3. The highest BCUT2D eigenvalue weighted by atomic mass is 19.1. The largest absolute Gasteiger partial charge is 0.241 e. The predicted octanol–water partition coefficient (Wildman–Crippen LogP) is 4.70. The number of nitrogens with zero attached hydrogens (tertiary/aromatic N) is 3. The molecule has 0 aliphatic heterocycles. The third kappa shape index (κ3) is 4.10. The van der Waals surface area contributed by atoms with Crippen LogP contribution in [0.25, 0.3) is 0 Å². The summed E-state index contributed by atoms with van der Waals surface area (Å²) in [5, 5.41) is 8.72. The summed E-state index contributed by atoms with van der Waals surface area (Å²) in [5.41, 5.74) is 0.0490. The van der Waals surface area contributed by atoms with Crippen LogP contribution in [-0.2, 0) is 0 Å². The maximum atomic E-state index is 13.7. The zero-order valence-electron chi connectivity index (χ0n) is 13.3. The lowest BCUT2D eigenvalue weighted by Crippen LogP contribution is -2.06. The van der Waals surface area contributed by atoms with E-state index in [9.17, 15) is 8.78 Å². The summed E-state index contributed by atoms with van der Waals surface area (Å²) < 4.78 is 27.4. The Labute approximate surface area is 135 Å². The molecule has 2 rings (SSSR count). The van der Waals surface area contributed by atoms with Crippen LogP contribution in [0.2, 0.25) is 0 Å². The zero-order valence-corrected chi connectivity index (χ0v) is 13.3. The molecule has 1 aromatic heterocycles. The topological polar surface area (TPSA) is 49.6 Å². The van der Waals surface area contributed by atoms with Gasteiger partial charge in [0, 0.05) is 18.3 Å². The lowest BCUT2D eigenvalue weighted by atomic mass is 9.89. The van der Waals surface area contributed by atoms with Gasteiger partial charge in [0.15, 0.2) is 0 Å². The molecule has 23 heavy (non-hydrogen) atoms. The van der Waals surface area contributed by atoms with Crippen molar-refractivity contribution >= 4 is 0 Å². The summed E-state index contributed by atoms with van der Waals surface area (Å²) in [7, 11) is 0. The summed E-state index contributed by atoms with van der Waals surface area (Å²) in [5.74, 6) is -0.573. The number of hydrogen-bond donors (Lipinski definition) is 0. The van der Waals surface area contributed by atoms with E-state index in [4.69, 9.17) is 5.26 Å². The van der Waals surface area contributed by atoms with E-state index in [-0.39, 0.29) is 11.8 Å². The fraction of sp³-hybridized carbons (Fsp3) is 0.389. The first-order chi connectivity index (χ1) is 11.1. The molecule has 1 aromatic carbocycles. The average molecular weight is 315 g/mol. The second-order valence-corrected chi connectivity index (χ2v) is 5.66. The van der Waals surface area contributed by atoms with Gasteiger partial charge >= 0.3 is 0 Å². The molecule has 0 bridgehead atoms. The minimum atomic E-state index is -0.798. The molecule has 3 nitrogen and oxygen atoms in total. The van der Waals surface area contributed by atoms with Crippen LogP contribution >= 0.6 is 0 Å². The molecule has 2 unspecified atom stereocenters. The van der Waals surface area contributed by atoms with Crippen molar-refractivity contribution in [2.45, 2.75) is 44.9 Å². The predicted molar refractivity (Wildman–Crippen MR) is 83.8 cm³/mol. The summed E-state index contributed by atoms with van der Waals surface area (Å²) in [4.78, 5) is 8.57. The van der Waals surface area contributed by atoms with Gasteiger partial charge in [0.25, 0.3) is 0 Å². The van der Waals surface area contributed by atoms with E-state index in [0.29, 0.717) is 5.56 Å². The van der Waals surface area contributed by atoms with Crippen LogP contribution in [0.15, 0.2) is 30.6 Å². The Morgan fingerprint density at radius 2 is 1.74 bits per heavy atom. The average Bonchev–Trinajstić information content (AvgIpc) is 2.56. The Balaban J connectivity index is 2.07. The monoisotopic (exact) mass is 315 g/mol. The lowest BCUT2D eigenvalue weighted by molar-refractivity contribution is 0.509. The molecular formula is C18H19F2N3. The molecular weight excluding hydrogens is 296 g/mol. The highest BCUT2D eigenvalue weighted by Crippen LogP contribution is 2.29. The van der Waals surface area contributed by atoms with Crippen molar-refractivity contribution in [1.82, 2.24) is 9.97 Å². The number of benzene rings is 1. The van der Waals surface area contributed by atoms with Crippen molar-refractivity contribution in [1.29, 1.82) is 5.26 Å². The number of nitriles is 1. The summed E-state index contributed by atoms with van der Waals surface area (Å²) in [6.07, 6.45) is 5.96. The van der Waals surface area contributed by atoms with Crippen molar-refractivity contribution < 1.29 is 8.78 Å². The number of aromatic nitrogens is 2. The van der Waals surface area contributed by atoms with Gasteiger partial charge in [-0.3, -0.25) is 0 Å². The van der Waals surface area contributed by atoms with Gasteiger partial charge in [-0.1, -0.05) is 13.8 Å². The first kappa shape index (κ1) is 17.0. The first-order valence-corrected chi connectivity index (χ1v) is 7.72. The van der Waals surface area contributed by atoms with Gasteiger partial charge in [-0.05, 0) is 48.9 Å². The molecule has 2 aromatic rings. The molecule has 0 amide bonds. The van der Waals surface area contributed by atoms with Gasteiger partial charge in [0.1, 0.15) is 29.1 Å². The van der Waals surface area contributed by atoms with Crippen molar-refractivity contribution in [3.63, 3.8) is 0 Å². The summed E-state index contributed by atoms with van der Waals surface area (Å²) in [6.45, 7) is 4.01. The van der Waals surface area contributed by atoms with Gasteiger partial charge in [-0.2, -0.15) is 5.26 Å². The first-order valence-electron chi connectivity index (χ1n) is 7.72. The molecule has 0 saturated carbocycles. The van der Waals surface area contributed by atoms with Crippen LogP contribution in [0.5, 0.6) is 0 Å². The molecule has 5 heteroatoms. The molecule has 1 heterocycles. The van der Waals surface area contributed by atoms with Gasteiger partial charge in [0.2, 0.25) is 0 Å². The molecule has 2 atom stereocenters. The minimum absolute atomic E-state index is 0.00972. The smallest absolute Gasteiger partial charge is 0.144 e. The summed E-state index contributed by atoms with van der Waals surface area (Å²) in [6, 6.07) is 5.84. The maximum Gasteiger partial charge on any atom is 0.144 e. The van der Waals surface area contributed by atoms with Crippen molar-refractivity contribution in [3.05, 3.63) is 59.2 Å². The highest BCUT2D eigenvalue weighted by Gasteiger charge is 2.17. The standard InChI is InChI=1S/C18H19F2N3/c1-3-13(18-22-7-4-8-23-18)6-5-12(2)14-9-16(19)15(11-21)17(20)10-14/h4,7-10,12-13H,3,5-6H2,1-2H3. The van der Waals surface area contributed by atoms with Crippen molar-refractivity contribution in [2.75, 3.05) is 0 Å². The zero-order chi connectivity index (χ0) is 16.8. The Hall–Kier alpha value is -2.35. The Kier molecular flexibility index (Phi) is 5.75. The molecule has 0 aliphatic rings. The van der Waals surface area contributed by atoms with E-state index in [1.165, 1.54) is 12.1 Å². The van der Waals surface area contributed by atoms with Gasteiger partial charge < -0.3 is 0 Å². The highest BCUT2D eigenvalue weighted by molar-refractivity contribution is 5.36. The third-order valence-corrected chi connectivity index (χ3v) is 4.14. The number of halogens is 2. The molecule has 0 radical (unpaired) electrons. The van der Waals surface area contributed by atoms with Crippen LogP contribution in [0, 0.1) is 23.0 Å². The third-order valence-electron chi connectivity index (χ3n) is 4.14. The number of hydrogen-bond acceptors (Lipinski definition) is 3. The van der Waals surface area contributed by atoms with Gasteiger partial charge in [-0.25, -0.2) is 18.7 Å². The maximum absolute atomic E-state index is 13.7. The Morgan fingerprint density at radius 1 is 1.13 bits per heavy atom. The molecule has 0 spiro atoms. The second kappa shape index (κ2) is 7.77. The fourth-order valence-electron chi connectivity index (χ4n) is 2.64. The van der Waals surface area contributed by atoms with Crippen LogP contribution in [-0.4, -0.2) is 9.97 Å². The van der Waals surface area contributed by atoms with Gasteiger partial charge in [-0.15, -0.1) is 0 Å². The van der Waals surface area contributed by atoms with Crippen LogP contribution in [0.1, 0.15) is 61.9 Å². The fourth-order valence-corrected chi connectivity index (χ4v) is 2.64.